The van der Waals surface area contributed by atoms with Crippen molar-refractivity contribution in [3.63, 3.8) is 0 Å². The van der Waals surface area contributed by atoms with Crippen molar-refractivity contribution in [2.75, 3.05) is 19.7 Å². The Morgan fingerprint density at radius 3 is 3.06 bits per heavy atom. The molecule has 3 rings (SSSR count). The van der Waals surface area contributed by atoms with Crippen LogP contribution in [-0.4, -0.2) is 19.7 Å². The van der Waals surface area contributed by atoms with E-state index in [9.17, 15) is 0 Å². The van der Waals surface area contributed by atoms with E-state index in [1.165, 1.54) is 36.8 Å². The first-order valence-corrected chi connectivity index (χ1v) is 6.37. The lowest BCUT2D eigenvalue weighted by Crippen LogP contribution is -2.15. The number of hydrogen-bond donors (Lipinski definition) is 1. The highest BCUT2D eigenvalue weighted by Gasteiger charge is 2.16. The van der Waals surface area contributed by atoms with Gasteiger partial charge in [0.1, 0.15) is 5.75 Å². The Morgan fingerprint density at radius 1 is 1.25 bits per heavy atom. The lowest BCUT2D eigenvalue weighted by molar-refractivity contribution is 0.260. The standard InChI is InChI=1S/C14H19NO/c1-2-12-4-5-14(8-13(12)3-1)16-10-11-6-7-15-9-11/h4-5,8,11,15H,1-3,6-7,9-10H2/t11-/m1/s1. The molecule has 0 spiro atoms. The third-order valence-electron chi connectivity index (χ3n) is 3.72. The Labute approximate surface area is 97.0 Å². The molecule has 1 aliphatic carbocycles. The quantitative estimate of drug-likeness (QED) is 0.837. The molecule has 0 bridgehead atoms. The maximum atomic E-state index is 5.88. The molecule has 1 fully saturated rings. The molecule has 1 aliphatic heterocycles. The predicted octanol–water partition coefficient (Wildman–Crippen LogP) is 2.16. The minimum absolute atomic E-state index is 0.702. The van der Waals surface area contributed by atoms with Crippen LogP contribution in [-0.2, 0) is 12.8 Å². The van der Waals surface area contributed by atoms with Crippen molar-refractivity contribution in [1.29, 1.82) is 0 Å². The van der Waals surface area contributed by atoms with Gasteiger partial charge in [-0.1, -0.05) is 6.07 Å². The van der Waals surface area contributed by atoms with E-state index < -0.39 is 0 Å². The summed E-state index contributed by atoms with van der Waals surface area (Å²) in [6.07, 6.45) is 5.05. The van der Waals surface area contributed by atoms with Crippen LogP contribution in [0.3, 0.4) is 0 Å². The lowest BCUT2D eigenvalue weighted by Gasteiger charge is -2.11. The fourth-order valence-electron chi connectivity index (χ4n) is 2.71. The van der Waals surface area contributed by atoms with E-state index in [0.717, 1.165) is 25.4 Å². The van der Waals surface area contributed by atoms with Crippen molar-refractivity contribution in [2.45, 2.75) is 25.7 Å². The van der Waals surface area contributed by atoms with Crippen molar-refractivity contribution in [2.24, 2.45) is 5.92 Å². The highest BCUT2D eigenvalue weighted by atomic mass is 16.5. The Balaban J connectivity index is 1.61. The Hall–Kier alpha value is -1.02. The van der Waals surface area contributed by atoms with Crippen LogP contribution in [0.15, 0.2) is 18.2 Å². The zero-order valence-electron chi connectivity index (χ0n) is 9.67. The zero-order valence-corrected chi connectivity index (χ0v) is 9.67. The van der Waals surface area contributed by atoms with Crippen LogP contribution in [0, 0.1) is 5.92 Å². The summed E-state index contributed by atoms with van der Waals surface area (Å²) in [5.74, 6) is 1.76. The van der Waals surface area contributed by atoms with Gasteiger partial charge < -0.3 is 10.1 Å². The maximum absolute atomic E-state index is 5.88. The zero-order chi connectivity index (χ0) is 10.8. The van der Waals surface area contributed by atoms with Crippen LogP contribution in [0.25, 0.3) is 0 Å². The fraction of sp³-hybridized carbons (Fsp3) is 0.571. The Morgan fingerprint density at radius 2 is 2.19 bits per heavy atom. The Kier molecular flexibility index (Phi) is 2.83. The molecule has 0 radical (unpaired) electrons. The summed E-state index contributed by atoms with van der Waals surface area (Å²) in [6.45, 7) is 3.13. The summed E-state index contributed by atoms with van der Waals surface area (Å²) >= 11 is 0. The summed E-state index contributed by atoms with van der Waals surface area (Å²) in [4.78, 5) is 0. The number of aryl methyl sites for hydroxylation is 2. The molecule has 1 heterocycles. The summed E-state index contributed by atoms with van der Waals surface area (Å²) in [5.41, 5.74) is 3.02. The number of nitrogens with one attached hydrogen (secondary N) is 1. The highest BCUT2D eigenvalue weighted by molar-refractivity contribution is 5.38. The van der Waals surface area contributed by atoms with Gasteiger partial charge in [-0.15, -0.1) is 0 Å². The first-order chi connectivity index (χ1) is 7.92. The molecule has 0 saturated carbocycles. The molecule has 2 nitrogen and oxygen atoms in total. The first-order valence-electron chi connectivity index (χ1n) is 6.37. The number of benzene rings is 1. The van der Waals surface area contributed by atoms with Crippen LogP contribution in [0.1, 0.15) is 24.0 Å². The number of rotatable bonds is 3. The number of ether oxygens (including phenoxy) is 1. The Bertz CT molecular complexity index is 369. The molecule has 2 heteroatoms. The molecule has 86 valence electrons. The van der Waals surface area contributed by atoms with Gasteiger partial charge in [0.2, 0.25) is 0 Å². The van der Waals surface area contributed by atoms with Gasteiger partial charge in [0, 0.05) is 12.5 Å². The van der Waals surface area contributed by atoms with Gasteiger partial charge in [-0.05, 0) is 55.5 Å². The summed E-state index contributed by atoms with van der Waals surface area (Å²) < 4.78 is 5.88. The van der Waals surface area contributed by atoms with Crippen LogP contribution in [0.4, 0.5) is 0 Å². The van der Waals surface area contributed by atoms with E-state index in [1.807, 2.05) is 0 Å². The van der Waals surface area contributed by atoms with E-state index in [-0.39, 0.29) is 0 Å². The highest BCUT2D eigenvalue weighted by Crippen LogP contribution is 2.26. The monoisotopic (exact) mass is 217 g/mol. The fourth-order valence-corrected chi connectivity index (χ4v) is 2.71. The second-order valence-electron chi connectivity index (χ2n) is 4.95. The molecule has 0 aromatic heterocycles. The van der Waals surface area contributed by atoms with Crippen LogP contribution in [0.2, 0.25) is 0 Å². The molecule has 16 heavy (non-hydrogen) atoms. The van der Waals surface area contributed by atoms with Crippen LogP contribution < -0.4 is 10.1 Å². The second kappa shape index (κ2) is 4.46. The van der Waals surface area contributed by atoms with Crippen molar-refractivity contribution in [3.05, 3.63) is 29.3 Å². The van der Waals surface area contributed by atoms with Gasteiger partial charge in [0.25, 0.3) is 0 Å². The first kappa shape index (κ1) is 10.2. The van der Waals surface area contributed by atoms with Crippen LogP contribution >= 0.6 is 0 Å². The van der Waals surface area contributed by atoms with Gasteiger partial charge in [0.05, 0.1) is 6.61 Å². The van der Waals surface area contributed by atoms with Gasteiger partial charge in [-0.25, -0.2) is 0 Å². The van der Waals surface area contributed by atoms with E-state index in [0.29, 0.717) is 5.92 Å². The topological polar surface area (TPSA) is 21.3 Å². The van der Waals surface area contributed by atoms with Gasteiger partial charge in [-0.3, -0.25) is 0 Å². The molecule has 1 aromatic carbocycles. The molecule has 0 amide bonds. The minimum atomic E-state index is 0.702. The summed E-state index contributed by atoms with van der Waals surface area (Å²) in [6, 6.07) is 6.61. The van der Waals surface area contributed by atoms with Crippen molar-refractivity contribution in [1.82, 2.24) is 5.32 Å². The molecule has 0 unspecified atom stereocenters. The third kappa shape index (κ3) is 2.07. The molecule has 1 saturated heterocycles. The van der Waals surface area contributed by atoms with E-state index in [2.05, 4.69) is 23.5 Å². The normalized spacial score (nSPS) is 23.4. The smallest absolute Gasteiger partial charge is 0.119 e. The molecular weight excluding hydrogens is 198 g/mol. The molecular formula is C14H19NO. The molecule has 1 N–H and O–H groups in total. The molecule has 2 aliphatic rings. The van der Waals surface area contributed by atoms with E-state index in [4.69, 9.17) is 4.74 Å². The number of fused-ring (bicyclic) bond motifs is 1. The van der Waals surface area contributed by atoms with Crippen molar-refractivity contribution < 1.29 is 4.74 Å². The van der Waals surface area contributed by atoms with E-state index in [1.54, 1.807) is 0 Å². The van der Waals surface area contributed by atoms with Gasteiger partial charge >= 0.3 is 0 Å². The average Bonchev–Trinajstić information content (AvgIpc) is 2.97. The SMILES string of the molecule is c1cc2c(cc1OC[C@@H]1CCNC1)CCC2. The number of hydrogen-bond acceptors (Lipinski definition) is 2. The van der Waals surface area contributed by atoms with Crippen molar-refractivity contribution in [3.8, 4) is 5.75 Å². The van der Waals surface area contributed by atoms with Crippen LogP contribution in [0.5, 0.6) is 5.75 Å². The van der Waals surface area contributed by atoms with Crippen molar-refractivity contribution >= 4 is 0 Å². The van der Waals surface area contributed by atoms with E-state index >= 15 is 0 Å². The third-order valence-corrected chi connectivity index (χ3v) is 3.72. The second-order valence-corrected chi connectivity index (χ2v) is 4.95. The molecule has 1 atom stereocenters. The summed E-state index contributed by atoms with van der Waals surface area (Å²) in [7, 11) is 0. The largest absolute Gasteiger partial charge is 0.493 e. The van der Waals surface area contributed by atoms with Gasteiger partial charge in [-0.2, -0.15) is 0 Å². The predicted molar refractivity (Wildman–Crippen MR) is 64.9 cm³/mol. The summed E-state index contributed by atoms with van der Waals surface area (Å²) in [5, 5.41) is 3.37. The molecule has 1 aromatic rings. The minimum Gasteiger partial charge on any atom is -0.493 e. The average molecular weight is 217 g/mol. The maximum Gasteiger partial charge on any atom is 0.119 e. The lowest BCUT2D eigenvalue weighted by atomic mass is 10.1. The van der Waals surface area contributed by atoms with Gasteiger partial charge in [0.15, 0.2) is 0 Å².